The first-order valence-electron chi connectivity index (χ1n) is 8.74. The highest BCUT2D eigenvalue weighted by molar-refractivity contribution is 6.48. The van der Waals surface area contributed by atoms with Crippen LogP contribution >= 0.6 is 0 Å². The van der Waals surface area contributed by atoms with Gasteiger partial charge in [0.2, 0.25) is 9.04 Å². The van der Waals surface area contributed by atoms with E-state index >= 15 is 0 Å². The molecule has 25 heavy (non-hydrogen) atoms. The van der Waals surface area contributed by atoms with Gasteiger partial charge in [0.1, 0.15) is 5.82 Å². The Labute approximate surface area is 151 Å². The molecule has 0 amide bonds. The molecule has 0 bridgehead atoms. The van der Waals surface area contributed by atoms with E-state index in [1.54, 1.807) is 12.1 Å². The maximum atomic E-state index is 13.8. The van der Waals surface area contributed by atoms with Crippen molar-refractivity contribution >= 4 is 15.0 Å². The zero-order valence-corrected chi connectivity index (χ0v) is 16.8. The third kappa shape index (κ3) is 5.12. The van der Waals surface area contributed by atoms with Gasteiger partial charge in [-0.3, -0.25) is 9.69 Å². The zero-order chi connectivity index (χ0) is 18.8. The van der Waals surface area contributed by atoms with Gasteiger partial charge in [0.05, 0.1) is 6.54 Å². The van der Waals surface area contributed by atoms with Crippen LogP contribution in [-0.2, 0) is 9.22 Å². The Balaban J connectivity index is 2.39. The lowest BCUT2D eigenvalue weighted by Gasteiger charge is -2.37. The molecule has 139 valence electrons. The summed E-state index contributed by atoms with van der Waals surface area (Å²) in [7, 11) is -0.863. The summed E-state index contributed by atoms with van der Waals surface area (Å²) in [4.78, 5) is 13.4. The molecule has 1 aromatic carbocycles. The Morgan fingerprint density at radius 2 is 2.08 bits per heavy atom. The quantitative estimate of drug-likeness (QED) is 0.782. The molecule has 0 aromatic heterocycles. The second kappa shape index (κ2) is 7.97. The van der Waals surface area contributed by atoms with Gasteiger partial charge in [0.25, 0.3) is 0 Å². The van der Waals surface area contributed by atoms with E-state index in [0.717, 1.165) is 5.56 Å². The van der Waals surface area contributed by atoms with E-state index in [4.69, 9.17) is 4.43 Å². The van der Waals surface area contributed by atoms with Crippen LogP contribution in [0.5, 0.6) is 0 Å². The number of carbonyl (C=O) groups is 1. The van der Waals surface area contributed by atoms with E-state index in [1.165, 1.54) is 6.07 Å². The van der Waals surface area contributed by atoms with Crippen LogP contribution in [0.1, 0.15) is 32.3 Å². The molecule has 6 heteroatoms. The van der Waals surface area contributed by atoms with Crippen LogP contribution in [-0.4, -0.2) is 50.8 Å². The Morgan fingerprint density at radius 1 is 1.40 bits per heavy atom. The number of carboxylic acid groups (broad SMARTS) is 1. The summed E-state index contributed by atoms with van der Waals surface area (Å²) < 4.78 is 19.7. The van der Waals surface area contributed by atoms with Crippen molar-refractivity contribution in [2.24, 2.45) is 11.3 Å². The average Bonchev–Trinajstić information content (AvgIpc) is 2.82. The van der Waals surface area contributed by atoms with Gasteiger partial charge in [-0.2, -0.15) is 0 Å². The number of benzene rings is 1. The first-order chi connectivity index (χ1) is 11.6. The van der Waals surface area contributed by atoms with Crippen LogP contribution in [0.15, 0.2) is 24.3 Å². The lowest BCUT2D eigenvalue weighted by Crippen LogP contribution is -2.44. The molecule has 3 atom stereocenters. The van der Waals surface area contributed by atoms with Crippen LogP contribution in [0, 0.1) is 17.2 Å². The van der Waals surface area contributed by atoms with E-state index in [1.807, 2.05) is 11.0 Å². The highest BCUT2D eigenvalue weighted by Crippen LogP contribution is 2.47. The van der Waals surface area contributed by atoms with E-state index in [2.05, 4.69) is 33.9 Å². The van der Waals surface area contributed by atoms with E-state index in [0.29, 0.717) is 13.2 Å². The van der Waals surface area contributed by atoms with Crippen LogP contribution in [0.3, 0.4) is 0 Å². The van der Waals surface area contributed by atoms with Crippen molar-refractivity contribution in [2.75, 3.05) is 19.7 Å². The van der Waals surface area contributed by atoms with Crippen molar-refractivity contribution in [1.82, 2.24) is 4.90 Å². The smallest absolute Gasteiger partial charge is 0.317 e. The van der Waals surface area contributed by atoms with Crippen molar-refractivity contribution in [3.8, 4) is 0 Å². The number of aliphatic carboxylic acids is 1. The normalized spacial score (nSPS) is 24.8. The van der Waals surface area contributed by atoms with Gasteiger partial charge < -0.3 is 9.53 Å². The molecule has 1 radical (unpaired) electrons. The number of hydrogen-bond acceptors (Lipinski definition) is 3. The number of halogens is 1. The standard InChI is InChI=1S/C19H29FNO3Si/c1-19(2,3)18-15(13-7-6-8-14(20)9-13)10-21(11-17(22)23)16(18)12-24-25(4)5/h6-9,15-16,18H,10-12H2,1-5H3,(H,22,23)/t15-,16?,18+/m1/s1. The van der Waals surface area contributed by atoms with Gasteiger partial charge in [-0.15, -0.1) is 0 Å². The summed E-state index contributed by atoms with van der Waals surface area (Å²) in [6, 6.07) is 6.73. The summed E-state index contributed by atoms with van der Waals surface area (Å²) in [5, 5.41) is 9.32. The molecule has 0 aliphatic carbocycles. The van der Waals surface area contributed by atoms with E-state index < -0.39 is 15.0 Å². The zero-order valence-electron chi connectivity index (χ0n) is 15.8. The molecule has 2 rings (SSSR count). The average molecular weight is 367 g/mol. The SMILES string of the molecule is C[Si](C)OCC1[C@@H](C(C)(C)C)[C@@H](c2cccc(F)c2)CN1CC(=O)O. The number of rotatable bonds is 6. The molecule has 4 nitrogen and oxygen atoms in total. The predicted octanol–water partition coefficient (Wildman–Crippen LogP) is 3.61. The summed E-state index contributed by atoms with van der Waals surface area (Å²) in [5.41, 5.74) is 0.892. The third-order valence-corrected chi connectivity index (χ3v) is 5.65. The van der Waals surface area contributed by atoms with Crippen molar-refractivity contribution < 1.29 is 18.7 Å². The maximum absolute atomic E-state index is 13.8. The van der Waals surface area contributed by atoms with Gasteiger partial charge in [-0.05, 0) is 42.1 Å². The highest BCUT2D eigenvalue weighted by atomic mass is 28.3. The number of nitrogens with zero attached hydrogens (tertiary/aromatic N) is 1. The Morgan fingerprint density at radius 3 is 2.60 bits per heavy atom. The molecule has 1 fully saturated rings. The lowest BCUT2D eigenvalue weighted by molar-refractivity contribution is -0.138. The minimum atomic E-state index is -0.863. The first kappa shape index (κ1) is 20.1. The summed E-state index contributed by atoms with van der Waals surface area (Å²) in [6.45, 7) is 11.8. The number of hydrogen-bond donors (Lipinski definition) is 1. The molecule has 0 saturated carbocycles. The second-order valence-corrected chi connectivity index (χ2v) is 10.3. The van der Waals surface area contributed by atoms with Gasteiger partial charge >= 0.3 is 5.97 Å². The van der Waals surface area contributed by atoms with E-state index in [-0.39, 0.29) is 35.7 Å². The minimum Gasteiger partial charge on any atom is -0.480 e. The van der Waals surface area contributed by atoms with Crippen LogP contribution in [0.2, 0.25) is 13.1 Å². The Kier molecular flexibility index (Phi) is 6.40. The Hall–Kier alpha value is -1.24. The monoisotopic (exact) mass is 366 g/mol. The molecule has 1 unspecified atom stereocenters. The fourth-order valence-corrected chi connectivity index (χ4v) is 4.55. The van der Waals surface area contributed by atoms with Crippen molar-refractivity contribution in [3.05, 3.63) is 35.6 Å². The fraction of sp³-hybridized carbons (Fsp3) is 0.632. The van der Waals surface area contributed by atoms with Crippen molar-refractivity contribution in [1.29, 1.82) is 0 Å². The molecule has 1 heterocycles. The number of carboxylic acids is 1. The largest absolute Gasteiger partial charge is 0.480 e. The summed E-state index contributed by atoms with van der Waals surface area (Å²) >= 11 is 0. The topological polar surface area (TPSA) is 49.8 Å². The molecule has 1 N–H and O–H groups in total. The highest BCUT2D eigenvalue weighted by Gasteiger charge is 2.48. The molecule has 1 aromatic rings. The molecule has 1 saturated heterocycles. The summed E-state index contributed by atoms with van der Waals surface area (Å²) in [5.74, 6) is -0.804. The van der Waals surface area contributed by atoms with Crippen molar-refractivity contribution in [3.63, 3.8) is 0 Å². The minimum absolute atomic E-state index is 0.0120. The molecular weight excluding hydrogens is 337 g/mol. The summed E-state index contributed by atoms with van der Waals surface area (Å²) in [6.07, 6.45) is 0. The third-order valence-electron chi connectivity index (χ3n) is 4.91. The molecule has 0 spiro atoms. The van der Waals surface area contributed by atoms with Crippen LogP contribution < -0.4 is 0 Å². The van der Waals surface area contributed by atoms with E-state index in [9.17, 15) is 14.3 Å². The first-order valence-corrected chi connectivity index (χ1v) is 11.1. The molecule has 1 aliphatic rings. The Bertz CT molecular complexity index is 603. The van der Waals surface area contributed by atoms with Gasteiger partial charge in [-0.1, -0.05) is 32.9 Å². The van der Waals surface area contributed by atoms with Crippen LogP contribution in [0.4, 0.5) is 4.39 Å². The van der Waals surface area contributed by atoms with Gasteiger partial charge in [0.15, 0.2) is 0 Å². The second-order valence-electron chi connectivity index (χ2n) is 8.16. The number of likely N-dealkylation sites (tertiary alicyclic amines) is 1. The molecular formula is C19H29FNO3Si. The van der Waals surface area contributed by atoms with Gasteiger partial charge in [0, 0.05) is 25.1 Å². The molecule has 1 aliphatic heterocycles. The predicted molar refractivity (Wildman–Crippen MR) is 98.5 cm³/mol. The van der Waals surface area contributed by atoms with Gasteiger partial charge in [-0.25, -0.2) is 4.39 Å². The lowest BCUT2D eigenvalue weighted by atomic mass is 9.69. The maximum Gasteiger partial charge on any atom is 0.317 e. The van der Waals surface area contributed by atoms with Crippen LogP contribution in [0.25, 0.3) is 0 Å². The van der Waals surface area contributed by atoms with Crippen molar-refractivity contribution in [2.45, 2.75) is 45.8 Å². The fourth-order valence-electron chi connectivity index (χ4n) is 4.04.